The van der Waals surface area contributed by atoms with Crippen molar-refractivity contribution in [3.05, 3.63) is 40.6 Å². The van der Waals surface area contributed by atoms with Crippen LogP contribution in [0.15, 0.2) is 40.6 Å². The standard InChI is InChI=1S/C16H21NO4S2/c1-3-20-15-8-7-14(12-16(15)21-4-2)23(18,19)17-10-9-13-6-5-11-22-13/h5-8,11-12,17H,3-4,9-10H2,1-2H3. The van der Waals surface area contributed by atoms with Crippen molar-refractivity contribution in [2.75, 3.05) is 19.8 Å². The molecule has 1 aromatic heterocycles. The summed E-state index contributed by atoms with van der Waals surface area (Å²) in [7, 11) is -3.57. The van der Waals surface area contributed by atoms with Crippen LogP contribution >= 0.6 is 11.3 Å². The van der Waals surface area contributed by atoms with E-state index < -0.39 is 10.0 Å². The molecule has 0 aliphatic heterocycles. The topological polar surface area (TPSA) is 64.6 Å². The molecule has 1 heterocycles. The van der Waals surface area contributed by atoms with Crippen LogP contribution in [0.4, 0.5) is 0 Å². The third-order valence-electron chi connectivity index (χ3n) is 3.07. The van der Waals surface area contributed by atoms with E-state index in [2.05, 4.69) is 4.72 Å². The number of nitrogens with one attached hydrogen (secondary N) is 1. The highest BCUT2D eigenvalue weighted by Crippen LogP contribution is 2.30. The number of benzene rings is 1. The summed E-state index contributed by atoms with van der Waals surface area (Å²) < 4.78 is 38.3. The molecule has 1 aromatic carbocycles. The maximum atomic E-state index is 12.4. The van der Waals surface area contributed by atoms with Gasteiger partial charge in [-0.15, -0.1) is 11.3 Å². The largest absolute Gasteiger partial charge is 0.490 e. The molecular formula is C16H21NO4S2. The molecule has 0 fully saturated rings. The van der Waals surface area contributed by atoms with E-state index in [1.54, 1.807) is 17.4 Å². The predicted molar refractivity (Wildman–Crippen MR) is 92.0 cm³/mol. The molecule has 0 saturated carbocycles. The first kappa shape index (κ1) is 17.8. The summed E-state index contributed by atoms with van der Waals surface area (Å²) in [5.41, 5.74) is 0. The lowest BCUT2D eigenvalue weighted by Crippen LogP contribution is -2.25. The molecule has 0 atom stereocenters. The van der Waals surface area contributed by atoms with Gasteiger partial charge in [-0.1, -0.05) is 6.07 Å². The lowest BCUT2D eigenvalue weighted by Gasteiger charge is -2.13. The normalized spacial score (nSPS) is 11.4. The third-order valence-corrected chi connectivity index (χ3v) is 5.46. The summed E-state index contributed by atoms with van der Waals surface area (Å²) >= 11 is 1.61. The van der Waals surface area contributed by atoms with Crippen LogP contribution in [0, 0.1) is 0 Å². The second-order valence-electron chi connectivity index (χ2n) is 4.70. The summed E-state index contributed by atoms with van der Waals surface area (Å²) in [5.74, 6) is 0.988. The lowest BCUT2D eigenvalue weighted by molar-refractivity contribution is 0.287. The van der Waals surface area contributed by atoms with Gasteiger partial charge in [-0.3, -0.25) is 0 Å². The fraction of sp³-hybridized carbons (Fsp3) is 0.375. The minimum Gasteiger partial charge on any atom is -0.490 e. The van der Waals surface area contributed by atoms with Gasteiger partial charge in [0.2, 0.25) is 10.0 Å². The Bertz CT molecular complexity index is 712. The molecule has 126 valence electrons. The zero-order valence-corrected chi connectivity index (χ0v) is 14.9. The van der Waals surface area contributed by atoms with E-state index >= 15 is 0 Å². The fourth-order valence-corrected chi connectivity index (χ4v) is 3.80. The average Bonchev–Trinajstić information content (AvgIpc) is 3.02. The molecule has 0 amide bonds. The van der Waals surface area contributed by atoms with Gasteiger partial charge in [-0.25, -0.2) is 13.1 Å². The third kappa shape index (κ3) is 4.95. The minimum atomic E-state index is -3.57. The van der Waals surface area contributed by atoms with Crippen molar-refractivity contribution in [2.24, 2.45) is 0 Å². The van der Waals surface area contributed by atoms with Gasteiger partial charge in [0, 0.05) is 17.5 Å². The Kier molecular flexibility index (Phi) is 6.44. The van der Waals surface area contributed by atoms with E-state index in [-0.39, 0.29) is 4.90 Å². The van der Waals surface area contributed by atoms with Gasteiger partial charge in [0.25, 0.3) is 0 Å². The molecule has 2 aromatic rings. The van der Waals surface area contributed by atoms with Crippen molar-refractivity contribution in [1.29, 1.82) is 0 Å². The van der Waals surface area contributed by atoms with Crippen molar-refractivity contribution < 1.29 is 17.9 Å². The summed E-state index contributed by atoms with van der Waals surface area (Å²) in [6.07, 6.45) is 0.673. The zero-order chi connectivity index (χ0) is 16.7. The molecule has 1 N–H and O–H groups in total. The molecule has 0 aliphatic rings. The first-order valence-electron chi connectivity index (χ1n) is 7.48. The van der Waals surface area contributed by atoms with E-state index in [9.17, 15) is 8.42 Å². The number of sulfonamides is 1. The predicted octanol–water partition coefficient (Wildman–Crippen LogP) is 3.07. The fourth-order valence-electron chi connectivity index (χ4n) is 2.05. The second kappa shape index (κ2) is 8.33. The molecule has 0 radical (unpaired) electrons. The number of ether oxygens (including phenoxy) is 2. The van der Waals surface area contributed by atoms with Crippen molar-refractivity contribution in [3.63, 3.8) is 0 Å². The van der Waals surface area contributed by atoms with Crippen LogP contribution in [0.2, 0.25) is 0 Å². The molecule has 5 nitrogen and oxygen atoms in total. The summed E-state index contributed by atoms with van der Waals surface area (Å²) in [6.45, 7) is 5.00. The first-order valence-corrected chi connectivity index (χ1v) is 9.84. The van der Waals surface area contributed by atoms with Crippen LogP contribution in [-0.4, -0.2) is 28.2 Å². The van der Waals surface area contributed by atoms with Gasteiger partial charge in [0.15, 0.2) is 11.5 Å². The Balaban J connectivity index is 2.10. The van der Waals surface area contributed by atoms with E-state index in [1.165, 1.54) is 12.1 Å². The molecule has 0 saturated heterocycles. The van der Waals surface area contributed by atoms with E-state index in [0.717, 1.165) is 4.88 Å². The maximum Gasteiger partial charge on any atom is 0.240 e. The van der Waals surface area contributed by atoms with Gasteiger partial charge in [0.1, 0.15) is 0 Å². The van der Waals surface area contributed by atoms with Crippen LogP contribution in [0.5, 0.6) is 11.5 Å². The molecule has 0 unspecified atom stereocenters. The summed E-state index contributed by atoms with van der Waals surface area (Å²) in [6, 6.07) is 8.60. The van der Waals surface area contributed by atoms with Crippen LogP contribution in [0.3, 0.4) is 0 Å². The van der Waals surface area contributed by atoms with Gasteiger partial charge >= 0.3 is 0 Å². The highest BCUT2D eigenvalue weighted by Gasteiger charge is 2.17. The van der Waals surface area contributed by atoms with E-state index in [0.29, 0.717) is 37.7 Å². The highest BCUT2D eigenvalue weighted by molar-refractivity contribution is 7.89. The molecule has 0 spiro atoms. The van der Waals surface area contributed by atoms with Gasteiger partial charge in [-0.2, -0.15) is 0 Å². The Morgan fingerprint density at radius 3 is 2.48 bits per heavy atom. The average molecular weight is 355 g/mol. The molecule has 23 heavy (non-hydrogen) atoms. The number of rotatable bonds is 9. The monoisotopic (exact) mass is 355 g/mol. The van der Waals surface area contributed by atoms with E-state index in [4.69, 9.17) is 9.47 Å². The number of hydrogen-bond acceptors (Lipinski definition) is 5. The van der Waals surface area contributed by atoms with Crippen LogP contribution in [0.1, 0.15) is 18.7 Å². The minimum absolute atomic E-state index is 0.176. The van der Waals surface area contributed by atoms with Gasteiger partial charge < -0.3 is 9.47 Å². The lowest BCUT2D eigenvalue weighted by atomic mass is 10.3. The molecule has 0 bridgehead atoms. The Morgan fingerprint density at radius 2 is 1.83 bits per heavy atom. The Hall–Kier alpha value is -1.57. The van der Waals surface area contributed by atoms with Gasteiger partial charge in [-0.05, 0) is 43.8 Å². The second-order valence-corrected chi connectivity index (χ2v) is 7.50. The van der Waals surface area contributed by atoms with Crippen LogP contribution < -0.4 is 14.2 Å². The van der Waals surface area contributed by atoms with Crippen molar-refractivity contribution >= 4 is 21.4 Å². The summed E-state index contributed by atoms with van der Waals surface area (Å²) in [5, 5.41) is 1.98. The SMILES string of the molecule is CCOc1ccc(S(=O)(=O)NCCc2cccs2)cc1OCC. The van der Waals surface area contributed by atoms with Gasteiger partial charge in [0.05, 0.1) is 18.1 Å². The molecular weight excluding hydrogens is 334 g/mol. The number of thiophene rings is 1. The maximum absolute atomic E-state index is 12.4. The first-order chi connectivity index (χ1) is 11.1. The van der Waals surface area contributed by atoms with Crippen LogP contribution in [-0.2, 0) is 16.4 Å². The van der Waals surface area contributed by atoms with Crippen LogP contribution in [0.25, 0.3) is 0 Å². The Morgan fingerprint density at radius 1 is 1.09 bits per heavy atom. The highest BCUT2D eigenvalue weighted by atomic mass is 32.2. The molecule has 7 heteroatoms. The van der Waals surface area contributed by atoms with Crippen molar-refractivity contribution in [2.45, 2.75) is 25.2 Å². The zero-order valence-electron chi connectivity index (χ0n) is 13.2. The quantitative estimate of drug-likeness (QED) is 0.751. The molecule has 0 aliphatic carbocycles. The Labute approximate surface area is 141 Å². The number of hydrogen-bond donors (Lipinski definition) is 1. The summed E-state index contributed by atoms with van der Waals surface area (Å²) in [4.78, 5) is 1.32. The van der Waals surface area contributed by atoms with E-state index in [1.807, 2.05) is 31.4 Å². The smallest absolute Gasteiger partial charge is 0.240 e. The van der Waals surface area contributed by atoms with Crippen molar-refractivity contribution in [1.82, 2.24) is 4.72 Å². The molecule has 2 rings (SSSR count). The van der Waals surface area contributed by atoms with Crippen molar-refractivity contribution in [3.8, 4) is 11.5 Å².